The lowest BCUT2D eigenvalue weighted by Gasteiger charge is -2.14. The summed E-state index contributed by atoms with van der Waals surface area (Å²) in [5.74, 6) is -6.27. The van der Waals surface area contributed by atoms with Crippen LogP contribution in [-0.4, -0.2) is 27.4 Å². The molecule has 5 nitrogen and oxygen atoms in total. The highest BCUT2D eigenvalue weighted by Crippen LogP contribution is 2.26. The van der Waals surface area contributed by atoms with E-state index in [4.69, 9.17) is 0 Å². The number of halogens is 5. The van der Waals surface area contributed by atoms with Gasteiger partial charge in [-0.1, -0.05) is 30.3 Å². The van der Waals surface area contributed by atoms with Gasteiger partial charge in [0.05, 0.1) is 5.69 Å². The number of alkyl halides is 3. The Bertz CT molecular complexity index is 1050. The van der Waals surface area contributed by atoms with Crippen LogP contribution in [0.5, 0.6) is 0 Å². The number of nitrogens with one attached hydrogen (secondary N) is 1. The van der Waals surface area contributed by atoms with Crippen molar-refractivity contribution < 1.29 is 31.5 Å². The van der Waals surface area contributed by atoms with E-state index in [0.29, 0.717) is 12.1 Å². The zero-order valence-electron chi connectivity index (χ0n) is 13.8. The Morgan fingerprint density at radius 2 is 1.64 bits per heavy atom. The Morgan fingerprint density at radius 1 is 1.00 bits per heavy atom. The van der Waals surface area contributed by atoms with Crippen molar-refractivity contribution in [1.82, 2.24) is 9.55 Å². The summed E-state index contributed by atoms with van der Waals surface area (Å²) in [7, 11) is 0. The van der Waals surface area contributed by atoms with Crippen molar-refractivity contribution in [3.05, 3.63) is 77.6 Å². The van der Waals surface area contributed by atoms with Crippen LogP contribution in [0.15, 0.2) is 54.9 Å². The number of imidazole rings is 1. The van der Waals surface area contributed by atoms with Crippen LogP contribution in [-0.2, 0) is 4.79 Å². The number of anilines is 1. The zero-order chi connectivity index (χ0) is 20.5. The second-order valence-corrected chi connectivity index (χ2v) is 5.55. The van der Waals surface area contributed by atoms with E-state index in [1.165, 1.54) is 17.4 Å². The number of carbonyl (C=O) groups excluding carboxylic acids is 2. The number of hydrogen-bond acceptors (Lipinski definition) is 3. The van der Waals surface area contributed by atoms with E-state index >= 15 is 0 Å². The maximum absolute atomic E-state index is 13.8. The van der Waals surface area contributed by atoms with E-state index in [1.54, 1.807) is 18.2 Å². The van der Waals surface area contributed by atoms with E-state index < -0.39 is 35.4 Å². The average molecular weight is 395 g/mol. The van der Waals surface area contributed by atoms with E-state index in [-0.39, 0.29) is 16.8 Å². The summed E-state index contributed by atoms with van der Waals surface area (Å²) in [5.41, 5.74) is -0.468. The first-order valence-electron chi connectivity index (χ1n) is 7.69. The molecule has 1 N–H and O–H groups in total. The lowest BCUT2D eigenvalue weighted by Crippen LogP contribution is -2.31. The van der Waals surface area contributed by atoms with Crippen LogP contribution >= 0.6 is 0 Å². The van der Waals surface area contributed by atoms with Crippen molar-refractivity contribution in [2.45, 2.75) is 6.18 Å². The summed E-state index contributed by atoms with van der Waals surface area (Å²) < 4.78 is 66.0. The molecule has 0 spiro atoms. The van der Waals surface area contributed by atoms with Crippen LogP contribution < -0.4 is 5.32 Å². The summed E-state index contributed by atoms with van der Waals surface area (Å²) in [5, 5.41) is 1.53. The highest BCUT2D eigenvalue weighted by molar-refractivity contribution is 6.11. The Hall–Kier alpha value is -3.56. The van der Waals surface area contributed by atoms with Gasteiger partial charge in [-0.3, -0.25) is 19.5 Å². The molecule has 10 heteroatoms. The molecule has 0 aliphatic rings. The SMILES string of the molecule is O=C(c1ccccc1)c1cc(F)c(F)cc1-n1ccnc1NC(=O)C(F)(F)F. The Morgan fingerprint density at radius 3 is 2.29 bits per heavy atom. The lowest BCUT2D eigenvalue weighted by atomic mass is 10.0. The third kappa shape index (κ3) is 3.75. The predicted octanol–water partition coefficient (Wildman–Crippen LogP) is 3.88. The standard InChI is InChI=1S/C18H10F5N3O2/c19-12-8-11(15(27)10-4-2-1-3-5-10)14(9-13(12)20)26-7-6-24-17(26)25-16(28)18(21,22)23/h1-9H,(H,24,25,28). The summed E-state index contributed by atoms with van der Waals surface area (Å²) in [6.07, 6.45) is -3.06. The molecule has 0 saturated heterocycles. The molecule has 1 amide bonds. The number of nitrogens with zero attached hydrogens (tertiary/aromatic N) is 2. The molecule has 0 bridgehead atoms. The van der Waals surface area contributed by atoms with Crippen LogP contribution in [0.1, 0.15) is 15.9 Å². The van der Waals surface area contributed by atoms with Gasteiger partial charge < -0.3 is 0 Å². The number of ketones is 1. The van der Waals surface area contributed by atoms with E-state index in [9.17, 15) is 31.5 Å². The summed E-state index contributed by atoms with van der Waals surface area (Å²) in [4.78, 5) is 27.5. The van der Waals surface area contributed by atoms with Crippen molar-refractivity contribution >= 4 is 17.6 Å². The third-order valence-corrected chi connectivity index (χ3v) is 3.70. The number of hydrogen-bond donors (Lipinski definition) is 1. The summed E-state index contributed by atoms with van der Waals surface area (Å²) in [6, 6.07) is 8.90. The summed E-state index contributed by atoms with van der Waals surface area (Å²) in [6.45, 7) is 0. The highest BCUT2D eigenvalue weighted by Gasteiger charge is 2.39. The van der Waals surface area contributed by atoms with Gasteiger partial charge in [0.25, 0.3) is 0 Å². The Balaban J connectivity index is 2.11. The van der Waals surface area contributed by atoms with Gasteiger partial charge in [0.2, 0.25) is 5.95 Å². The smallest absolute Gasteiger partial charge is 0.289 e. The fourth-order valence-electron chi connectivity index (χ4n) is 2.43. The molecule has 0 fully saturated rings. The molecular formula is C18H10F5N3O2. The molecule has 3 aromatic rings. The Labute approximate surface area is 154 Å². The van der Waals surface area contributed by atoms with Gasteiger partial charge in [-0.15, -0.1) is 0 Å². The van der Waals surface area contributed by atoms with Gasteiger partial charge >= 0.3 is 12.1 Å². The largest absolute Gasteiger partial charge is 0.471 e. The van der Waals surface area contributed by atoms with E-state index in [0.717, 1.165) is 17.0 Å². The summed E-state index contributed by atoms with van der Waals surface area (Å²) >= 11 is 0. The van der Waals surface area contributed by atoms with Gasteiger partial charge in [0.1, 0.15) is 0 Å². The minimum atomic E-state index is -5.19. The van der Waals surface area contributed by atoms with Gasteiger partial charge in [0.15, 0.2) is 17.4 Å². The second-order valence-electron chi connectivity index (χ2n) is 5.55. The maximum Gasteiger partial charge on any atom is 0.471 e. The first-order valence-corrected chi connectivity index (χ1v) is 7.69. The van der Waals surface area contributed by atoms with Crippen molar-refractivity contribution in [3.63, 3.8) is 0 Å². The zero-order valence-corrected chi connectivity index (χ0v) is 13.8. The van der Waals surface area contributed by atoms with Crippen LogP contribution in [0.25, 0.3) is 5.69 Å². The quantitative estimate of drug-likeness (QED) is 0.539. The van der Waals surface area contributed by atoms with Crippen molar-refractivity contribution in [3.8, 4) is 5.69 Å². The van der Waals surface area contributed by atoms with Crippen molar-refractivity contribution in [1.29, 1.82) is 0 Å². The van der Waals surface area contributed by atoms with Gasteiger partial charge in [0, 0.05) is 29.6 Å². The van der Waals surface area contributed by atoms with Crippen LogP contribution in [0.2, 0.25) is 0 Å². The minimum Gasteiger partial charge on any atom is -0.289 e. The number of amides is 1. The van der Waals surface area contributed by atoms with E-state index in [2.05, 4.69) is 4.98 Å². The van der Waals surface area contributed by atoms with Gasteiger partial charge in [-0.2, -0.15) is 13.2 Å². The molecule has 0 atom stereocenters. The predicted molar refractivity (Wildman–Crippen MR) is 88.0 cm³/mol. The Kier molecular flexibility index (Phi) is 4.95. The highest BCUT2D eigenvalue weighted by atomic mass is 19.4. The molecule has 0 saturated carbocycles. The molecule has 2 aromatic carbocycles. The first kappa shape index (κ1) is 19.2. The molecule has 1 aromatic heterocycles. The van der Waals surface area contributed by atoms with Gasteiger partial charge in [-0.05, 0) is 6.07 Å². The molecule has 28 heavy (non-hydrogen) atoms. The van der Waals surface area contributed by atoms with Crippen molar-refractivity contribution in [2.75, 3.05) is 5.32 Å². The van der Waals surface area contributed by atoms with Crippen LogP contribution in [0.4, 0.5) is 27.9 Å². The monoisotopic (exact) mass is 395 g/mol. The molecule has 1 heterocycles. The number of benzene rings is 2. The topological polar surface area (TPSA) is 64.0 Å². The lowest BCUT2D eigenvalue weighted by molar-refractivity contribution is -0.167. The van der Waals surface area contributed by atoms with Crippen molar-refractivity contribution in [2.24, 2.45) is 0 Å². The number of rotatable bonds is 4. The van der Waals surface area contributed by atoms with Crippen LogP contribution in [0, 0.1) is 11.6 Å². The molecule has 3 rings (SSSR count). The molecule has 0 aliphatic carbocycles. The number of aromatic nitrogens is 2. The molecule has 0 aliphatic heterocycles. The average Bonchev–Trinajstić information content (AvgIpc) is 3.11. The van der Waals surface area contributed by atoms with E-state index in [1.807, 2.05) is 0 Å². The number of carbonyl (C=O) groups is 2. The molecule has 144 valence electrons. The van der Waals surface area contributed by atoms with Gasteiger partial charge in [-0.25, -0.2) is 13.8 Å². The fraction of sp³-hybridized carbons (Fsp3) is 0.0556. The van der Waals surface area contributed by atoms with Crippen LogP contribution in [0.3, 0.4) is 0 Å². The maximum atomic E-state index is 13.8. The molecule has 0 unspecified atom stereocenters. The fourth-order valence-corrected chi connectivity index (χ4v) is 2.43. The second kappa shape index (κ2) is 7.22. The molecular weight excluding hydrogens is 385 g/mol. The minimum absolute atomic E-state index is 0.149. The normalized spacial score (nSPS) is 11.3. The first-order chi connectivity index (χ1) is 13.2. The molecule has 0 radical (unpaired) electrons. The third-order valence-electron chi connectivity index (χ3n) is 3.70.